The molecule has 1 aliphatic rings. The molecule has 5 rings (SSSR count). The molecule has 0 spiro atoms. The number of nitrogens with zero attached hydrogens (tertiary/aromatic N) is 4. The van der Waals surface area contributed by atoms with Crippen LogP contribution in [0.3, 0.4) is 0 Å². The van der Waals surface area contributed by atoms with E-state index in [-0.39, 0.29) is 23.8 Å². The van der Waals surface area contributed by atoms with E-state index in [1.54, 1.807) is 30.0 Å². The molecule has 8 nitrogen and oxygen atoms in total. The predicted molar refractivity (Wildman–Crippen MR) is 188 cm³/mol. The monoisotopic (exact) mass is 633 g/mol. The number of hydrogen-bond acceptors (Lipinski definition) is 5. The molecule has 0 radical (unpaired) electrons. The molecule has 4 aromatic carbocycles. The van der Waals surface area contributed by atoms with Crippen LogP contribution in [0.2, 0.25) is 0 Å². The van der Waals surface area contributed by atoms with Crippen molar-refractivity contribution in [2.45, 2.75) is 43.9 Å². The van der Waals surface area contributed by atoms with Crippen molar-refractivity contribution in [2.75, 3.05) is 48.3 Å². The van der Waals surface area contributed by atoms with Crippen LogP contribution < -0.4 is 5.32 Å². The van der Waals surface area contributed by atoms with Gasteiger partial charge in [0, 0.05) is 51.8 Å². The number of carbonyl (C=O) groups excluding carboxylic acids is 3. The molecule has 1 unspecified atom stereocenters. The molecular formula is C39H47N5O3. The lowest BCUT2D eigenvalue weighted by molar-refractivity contribution is -0.147. The fourth-order valence-electron chi connectivity index (χ4n) is 6.77. The first-order valence-electron chi connectivity index (χ1n) is 16.4. The number of nitrogens with one attached hydrogen (secondary N) is 1. The number of amides is 3. The van der Waals surface area contributed by atoms with Gasteiger partial charge >= 0.3 is 0 Å². The predicted octanol–water partition coefficient (Wildman–Crippen LogP) is 4.99. The van der Waals surface area contributed by atoms with Gasteiger partial charge in [0.25, 0.3) is 5.91 Å². The second-order valence-electron chi connectivity index (χ2n) is 12.9. The third kappa shape index (κ3) is 7.89. The van der Waals surface area contributed by atoms with Crippen LogP contribution in [0, 0.1) is 0 Å². The molecule has 4 aromatic rings. The number of hydrogen-bond donors (Lipinski definition) is 1. The van der Waals surface area contributed by atoms with Crippen molar-refractivity contribution in [3.05, 3.63) is 119 Å². The molecule has 8 heteroatoms. The molecule has 1 heterocycles. The smallest absolute Gasteiger partial charge is 0.254 e. The van der Waals surface area contributed by atoms with Gasteiger partial charge in [0.05, 0.1) is 0 Å². The van der Waals surface area contributed by atoms with E-state index in [4.69, 9.17) is 0 Å². The molecule has 1 aliphatic heterocycles. The van der Waals surface area contributed by atoms with Crippen molar-refractivity contribution in [1.29, 1.82) is 0 Å². The van der Waals surface area contributed by atoms with Gasteiger partial charge in [-0.3, -0.25) is 14.4 Å². The Labute approximate surface area is 278 Å². The number of rotatable bonds is 12. The van der Waals surface area contributed by atoms with E-state index in [1.165, 1.54) is 0 Å². The number of likely N-dealkylation sites (N-methyl/N-ethyl adjacent to an activating group) is 3. The zero-order valence-corrected chi connectivity index (χ0v) is 28.2. The van der Waals surface area contributed by atoms with Crippen LogP contribution >= 0.6 is 0 Å². The average Bonchev–Trinajstić information content (AvgIpc) is 3.54. The van der Waals surface area contributed by atoms with Gasteiger partial charge in [-0.25, -0.2) is 0 Å². The van der Waals surface area contributed by atoms with Gasteiger partial charge in [0.1, 0.15) is 12.1 Å². The topological polar surface area (TPSA) is 76.2 Å². The van der Waals surface area contributed by atoms with E-state index in [9.17, 15) is 14.4 Å². The van der Waals surface area contributed by atoms with Crippen molar-refractivity contribution in [2.24, 2.45) is 0 Å². The molecule has 0 aromatic heterocycles. The Kier molecular flexibility index (Phi) is 11.1. The van der Waals surface area contributed by atoms with Gasteiger partial charge < -0.3 is 24.9 Å². The molecule has 246 valence electrons. The van der Waals surface area contributed by atoms with Gasteiger partial charge in [0.2, 0.25) is 11.8 Å². The van der Waals surface area contributed by atoms with E-state index in [1.807, 2.05) is 105 Å². The van der Waals surface area contributed by atoms with Crippen molar-refractivity contribution in [1.82, 2.24) is 24.9 Å². The van der Waals surface area contributed by atoms with Crippen LogP contribution in [0.1, 0.15) is 45.9 Å². The van der Waals surface area contributed by atoms with Crippen LogP contribution in [0.4, 0.5) is 0 Å². The van der Waals surface area contributed by atoms with Crippen molar-refractivity contribution in [3.8, 4) is 0 Å². The molecule has 0 saturated carbocycles. The summed E-state index contributed by atoms with van der Waals surface area (Å²) in [6.45, 7) is 2.04. The fraction of sp³-hybridized carbons (Fsp3) is 0.359. The third-order valence-electron chi connectivity index (χ3n) is 9.19. The first kappa shape index (κ1) is 33.8. The normalized spacial score (nSPS) is 15.9. The Balaban J connectivity index is 1.52. The first-order valence-corrected chi connectivity index (χ1v) is 16.4. The summed E-state index contributed by atoms with van der Waals surface area (Å²) < 4.78 is 0. The second-order valence-corrected chi connectivity index (χ2v) is 12.9. The molecule has 0 aliphatic carbocycles. The van der Waals surface area contributed by atoms with Crippen LogP contribution in [0.5, 0.6) is 0 Å². The summed E-state index contributed by atoms with van der Waals surface area (Å²) in [5, 5.41) is 5.31. The summed E-state index contributed by atoms with van der Waals surface area (Å²) in [6.07, 6.45) is 2.16. The minimum absolute atomic E-state index is 0.0785. The highest BCUT2D eigenvalue weighted by Gasteiger charge is 2.40. The zero-order valence-electron chi connectivity index (χ0n) is 28.2. The lowest BCUT2D eigenvalue weighted by Gasteiger charge is -2.37. The van der Waals surface area contributed by atoms with Crippen LogP contribution in [0.15, 0.2) is 97.1 Å². The molecule has 0 bridgehead atoms. The SMILES string of the molecule is CNCc1cccc(C(=O)N(C)[C@H](Cc2ccc3ccccc3c2)C(=O)N(C)C(C(=O)N2CCC[C@H]2CN(C)C)c2ccccc2)c1. The van der Waals surface area contributed by atoms with E-state index < -0.39 is 12.1 Å². The average molecular weight is 634 g/mol. The Morgan fingerprint density at radius 2 is 1.53 bits per heavy atom. The third-order valence-corrected chi connectivity index (χ3v) is 9.19. The minimum Gasteiger partial charge on any atom is -0.336 e. The Bertz CT molecular complexity index is 1690. The van der Waals surface area contributed by atoms with Gasteiger partial charge in [-0.1, -0.05) is 84.9 Å². The quantitative estimate of drug-likeness (QED) is 0.238. The highest BCUT2D eigenvalue weighted by Crippen LogP contribution is 2.29. The summed E-state index contributed by atoms with van der Waals surface area (Å²) in [6, 6.07) is 29.7. The van der Waals surface area contributed by atoms with Crippen LogP contribution in [0.25, 0.3) is 10.8 Å². The van der Waals surface area contributed by atoms with E-state index >= 15 is 0 Å². The summed E-state index contributed by atoms with van der Waals surface area (Å²) in [5.41, 5.74) is 3.18. The number of carbonyl (C=O) groups is 3. The summed E-state index contributed by atoms with van der Waals surface area (Å²) in [4.78, 5) is 50.5. The highest BCUT2D eigenvalue weighted by atomic mass is 16.2. The lowest BCUT2D eigenvalue weighted by atomic mass is 9.97. The standard InChI is InChI=1S/C39H47N5O3/c1-40-26-29-13-11-18-33(24-29)37(45)42(4)35(25-28-20-21-30-14-9-10-17-32(30)23-28)38(46)43(5)36(31-15-7-6-8-16-31)39(47)44-22-12-19-34(44)27-41(2)3/h6-11,13-18,20-21,23-24,34-36,40H,12,19,22,25-27H2,1-5H3/t34-,35+,36?/m0/s1. The molecule has 1 N–H and O–H groups in total. The van der Waals surface area contributed by atoms with Crippen molar-refractivity contribution < 1.29 is 14.4 Å². The molecule has 47 heavy (non-hydrogen) atoms. The second kappa shape index (κ2) is 15.4. The Morgan fingerprint density at radius 1 is 0.809 bits per heavy atom. The van der Waals surface area contributed by atoms with Gasteiger partial charge in [-0.2, -0.15) is 0 Å². The minimum atomic E-state index is -0.850. The number of benzene rings is 4. The molecular weight excluding hydrogens is 586 g/mol. The van der Waals surface area contributed by atoms with E-state index in [2.05, 4.69) is 22.3 Å². The maximum atomic E-state index is 14.8. The van der Waals surface area contributed by atoms with Crippen molar-refractivity contribution in [3.63, 3.8) is 0 Å². The Morgan fingerprint density at radius 3 is 2.26 bits per heavy atom. The van der Waals surface area contributed by atoms with E-state index in [0.717, 1.165) is 46.8 Å². The maximum absolute atomic E-state index is 14.8. The molecule has 1 saturated heterocycles. The van der Waals surface area contributed by atoms with Gasteiger partial charge in [0.15, 0.2) is 0 Å². The largest absolute Gasteiger partial charge is 0.336 e. The maximum Gasteiger partial charge on any atom is 0.254 e. The van der Waals surface area contributed by atoms with Crippen molar-refractivity contribution >= 4 is 28.5 Å². The Hall–Kier alpha value is -4.53. The van der Waals surface area contributed by atoms with Gasteiger partial charge in [-0.15, -0.1) is 0 Å². The highest BCUT2D eigenvalue weighted by molar-refractivity contribution is 5.98. The summed E-state index contributed by atoms with van der Waals surface area (Å²) >= 11 is 0. The van der Waals surface area contributed by atoms with Crippen LogP contribution in [-0.4, -0.2) is 97.7 Å². The summed E-state index contributed by atoms with van der Waals surface area (Å²) in [7, 11) is 9.30. The fourth-order valence-corrected chi connectivity index (χ4v) is 6.77. The van der Waals surface area contributed by atoms with E-state index in [0.29, 0.717) is 25.1 Å². The first-order chi connectivity index (χ1) is 22.7. The summed E-state index contributed by atoms with van der Waals surface area (Å²) in [5.74, 6) is -0.621. The van der Waals surface area contributed by atoms with Crippen LogP contribution in [-0.2, 0) is 22.6 Å². The van der Waals surface area contributed by atoms with Gasteiger partial charge in [-0.05, 0) is 73.6 Å². The molecule has 3 atom stereocenters. The number of likely N-dealkylation sites (tertiary alicyclic amines) is 1. The number of fused-ring (bicyclic) bond motifs is 1. The molecule has 1 fully saturated rings. The molecule has 3 amide bonds. The zero-order chi connectivity index (χ0) is 33.5. The lowest BCUT2D eigenvalue weighted by Crippen LogP contribution is -2.53.